The average molecular weight is 388 g/mol. The van der Waals surface area contributed by atoms with E-state index in [4.69, 9.17) is 5.10 Å². The molecule has 0 aliphatic rings. The molecule has 30 heavy (non-hydrogen) atoms. The van der Waals surface area contributed by atoms with Crippen LogP contribution in [-0.2, 0) is 0 Å². The number of nitrogens with zero attached hydrogens (tertiary/aromatic N) is 2. The fraction of sp³-hybridized carbons (Fsp3) is 0.0714. The molecule has 0 atom stereocenters. The predicted molar refractivity (Wildman–Crippen MR) is 124 cm³/mol. The van der Waals surface area contributed by atoms with E-state index in [1.165, 1.54) is 27.6 Å². The molecule has 0 aliphatic heterocycles. The summed E-state index contributed by atoms with van der Waals surface area (Å²) in [6, 6.07) is 36.2. The van der Waals surface area contributed by atoms with Crippen LogP contribution in [0.2, 0.25) is 0 Å². The average Bonchev–Trinajstić information content (AvgIpc) is 2.79. The zero-order chi connectivity index (χ0) is 20.5. The van der Waals surface area contributed by atoms with Gasteiger partial charge in [-0.05, 0) is 48.4 Å². The van der Waals surface area contributed by atoms with Crippen molar-refractivity contribution in [2.75, 3.05) is 0 Å². The van der Waals surface area contributed by atoms with Crippen molar-refractivity contribution in [3.8, 4) is 28.1 Å². The van der Waals surface area contributed by atoms with Gasteiger partial charge in [0, 0.05) is 28.2 Å². The summed E-state index contributed by atoms with van der Waals surface area (Å²) in [5.41, 5.74) is 9.15. The van der Waals surface area contributed by atoms with Gasteiger partial charge in [-0.15, -0.1) is 0 Å². The third kappa shape index (κ3) is 3.27. The van der Waals surface area contributed by atoms with E-state index in [2.05, 4.69) is 122 Å². The fourth-order valence-corrected chi connectivity index (χ4v) is 3.96. The van der Waals surface area contributed by atoms with Crippen LogP contribution >= 0.6 is 0 Å². The summed E-state index contributed by atoms with van der Waals surface area (Å²) in [5, 5.41) is 6.27. The van der Waals surface area contributed by atoms with Crippen molar-refractivity contribution in [1.29, 1.82) is 0 Å². The summed E-state index contributed by atoms with van der Waals surface area (Å²) in [6.45, 7) is 4.25. The lowest BCUT2D eigenvalue weighted by Gasteiger charge is -2.12. The number of aromatic nitrogens is 2. The van der Waals surface area contributed by atoms with Crippen LogP contribution in [0.15, 0.2) is 103 Å². The van der Waals surface area contributed by atoms with Gasteiger partial charge in [0.05, 0.1) is 5.56 Å². The first-order valence-electron chi connectivity index (χ1n) is 10.3. The van der Waals surface area contributed by atoms with Gasteiger partial charge in [-0.1, -0.05) is 77.9 Å². The Bertz CT molecular complexity index is 1320. The molecule has 1 heterocycles. The Hall–Kier alpha value is -3.78. The highest BCUT2D eigenvalue weighted by molar-refractivity contribution is 6.00. The maximum Gasteiger partial charge on any atom is 0.254 e. The Labute approximate surface area is 177 Å². The molecular formula is C28H23N2+. The summed E-state index contributed by atoms with van der Waals surface area (Å²) in [4.78, 5) is 0. The van der Waals surface area contributed by atoms with Crippen molar-refractivity contribution in [2.24, 2.45) is 0 Å². The van der Waals surface area contributed by atoms with Crippen LogP contribution in [0.5, 0.6) is 0 Å². The topological polar surface area (TPSA) is 16.8 Å². The van der Waals surface area contributed by atoms with Gasteiger partial charge in [0.25, 0.3) is 5.69 Å². The van der Waals surface area contributed by atoms with Gasteiger partial charge >= 0.3 is 0 Å². The molecule has 0 saturated carbocycles. The van der Waals surface area contributed by atoms with E-state index >= 15 is 0 Å². The first kappa shape index (κ1) is 18.3. The van der Waals surface area contributed by atoms with Crippen LogP contribution in [0.25, 0.3) is 39.0 Å². The molecular weight excluding hydrogens is 364 g/mol. The number of fused-ring (bicyclic) bond motifs is 1. The Morgan fingerprint density at radius 1 is 0.600 bits per heavy atom. The van der Waals surface area contributed by atoms with Gasteiger partial charge in [0.1, 0.15) is 5.52 Å². The van der Waals surface area contributed by atoms with Crippen LogP contribution in [0, 0.1) is 13.8 Å². The lowest BCUT2D eigenvalue weighted by atomic mass is 9.94. The molecule has 0 bridgehead atoms. The molecule has 5 aromatic rings. The maximum atomic E-state index is 5.10. The minimum absolute atomic E-state index is 0.986. The number of hydrogen-bond donors (Lipinski definition) is 0. The Morgan fingerprint density at radius 2 is 1.20 bits per heavy atom. The van der Waals surface area contributed by atoms with E-state index in [-0.39, 0.29) is 0 Å². The maximum absolute atomic E-state index is 5.10. The normalized spacial score (nSPS) is 11.0. The molecule has 0 radical (unpaired) electrons. The molecule has 0 spiro atoms. The lowest BCUT2D eigenvalue weighted by Crippen LogP contribution is -2.38. The Morgan fingerprint density at radius 3 is 1.87 bits per heavy atom. The van der Waals surface area contributed by atoms with Gasteiger partial charge in [-0.25, -0.2) is 0 Å². The molecule has 0 unspecified atom stereocenters. The molecule has 2 heteroatoms. The van der Waals surface area contributed by atoms with Crippen molar-refractivity contribution in [1.82, 2.24) is 5.10 Å². The van der Waals surface area contributed by atoms with Crippen molar-refractivity contribution >= 4 is 10.9 Å². The smallest absolute Gasteiger partial charge is 0.0622 e. The van der Waals surface area contributed by atoms with Crippen LogP contribution in [-0.4, -0.2) is 5.10 Å². The van der Waals surface area contributed by atoms with E-state index < -0.39 is 0 Å². The predicted octanol–water partition coefficient (Wildman–Crippen LogP) is 6.46. The molecule has 0 aliphatic carbocycles. The van der Waals surface area contributed by atoms with Crippen LogP contribution in [0.4, 0.5) is 0 Å². The van der Waals surface area contributed by atoms with E-state index in [1.54, 1.807) is 0 Å². The fourth-order valence-electron chi connectivity index (χ4n) is 3.96. The van der Waals surface area contributed by atoms with Crippen molar-refractivity contribution in [3.63, 3.8) is 0 Å². The molecule has 0 N–H and O–H groups in total. The van der Waals surface area contributed by atoms with Crippen molar-refractivity contribution < 1.29 is 4.68 Å². The van der Waals surface area contributed by atoms with Crippen LogP contribution in [0.1, 0.15) is 11.1 Å². The second kappa shape index (κ2) is 7.57. The first-order valence-corrected chi connectivity index (χ1v) is 10.3. The molecule has 1 aromatic heterocycles. The molecule has 2 nitrogen and oxygen atoms in total. The monoisotopic (exact) mass is 387 g/mol. The van der Waals surface area contributed by atoms with E-state index in [1.807, 2.05) is 0 Å². The second-order valence-electron chi connectivity index (χ2n) is 7.72. The Balaban J connectivity index is 1.97. The van der Waals surface area contributed by atoms with Gasteiger partial charge in [0.2, 0.25) is 5.69 Å². The molecule has 5 rings (SSSR count). The lowest BCUT2D eigenvalue weighted by molar-refractivity contribution is -0.645. The van der Waals surface area contributed by atoms with Crippen molar-refractivity contribution in [2.45, 2.75) is 13.8 Å². The zero-order valence-corrected chi connectivity index (χ0v) is 17.2. The molecule has 4 aromatic carbocycles. The number of hydrogen-bond acceptors (Lipinski definition) is 1. The van der Waals surface area contributed by atoms with Gasteiger partial charge < -0.3 is 0 Å². The summed E-state index contributed by atoms with van der Waals surface area (Å²) in [7, 11) is 0. The van der Waals surface area contributed by atoms with Crippen LogP contribution in [0.3, 0.4) is 0 Å². The zero-order valence-electron chi connectivity index (χ0n) is 17.2. The number of rotatable bonds is 3. The van der Waals surface area contributed by atoms with Crippen molar-refractivity contribution in [3.05, 3.63) is 114 Å². The minimum atomic E-state index is 0.986. The third-order valence-electron chi connectivity index (χ3n) is 5.47. The highest BCUT2D eigenvalue weighted by Crippen LogP contribution is 2.35. The van der Waals surface area contributed by atoms with Gasteiger partial charge in [0.15, 0.2) is 0 Å². The Kier molecular flexibility index (Phi) is 4.61. The van der Waals surface area contributed by atoms with Gasteiger partial charge in [-0.2, -0.15) is 0 Å². The van der Waals surface area contributed by atoms with E-state index in [0.29, 0.717) is 0 Å². The molecule has 144 valence electrons. The standard InChI is InChI=1S/C28H23N2/c1-20-13-16-24(17-14-20)30-28(23-11-7-4-8-12-23)27(22-9-5-3-6-10-22)25-19-21(2)15-18-26(25)29-30/h3-19H,1-2H3/q+1. The quantitative estimate of drug-likeness (QED) is 0.325. The molecule has 0 saturated heterocycles. The number of aryl methyl sites for hydroxylation is 2. The largest absolute Gasteiger partial charge is 0.254 e. The first-order chi connectivity index (χ1) is 14.7. The highest BCUT2D eigenvalue weighted by Gasteiger charge is 2.27. The third-order valence-corrected chi connectivity index (χ3v) is 5.47. The minimum Gasteiger partial charge on any atom is -0.0622 e. The molecule has 0 fully saturated rings. The van der Waals surface area contributed by atoms with Crippen LogP contribution < -0.4 is 4.68 Å². The second-order valence-corrected chi connectivity index (χ2v) is 7.72. The van der Waals surface area contributed by atoms with E-state index in [9.17, 15) is 0 Å². The van der Waals surface area contributed by atoms with E-state index in [0.717, 1.165) is 22.5 Å². The number of benzene rings is 4. The summed E-state index contributed by atoms with van der Waals surface area (Å²) in [6.07, 6.45) is 0. The highest BCUT2D eigenvalue weighted by atomic mass is 15.3. The summed E-state index contributed by atoms with van der Waals surface area (Å²) < 4.78 is 2.09. The SMILES string of the molecule is Cc1ccc(-[n+]2nc3ccc(C)cc3c(-c3ccccc3)c2-c2ccccc2)cc1. The summed E-state index contributed by atoms with van der Waals surface area (Å²) >= 11 is 0. The molecule has 0 amide bonds. The van der Waals surface area contributed by atoms with Gasteiger partial charge in [-0.3, -0.25) is 0 Å². The summed E-state index contributed by atoms with van der Waals surface area (Å²) in [5.74, 6) is 0.